The van der Waals surface area contributed by atoms with E-state index in [-0.39, 0.29) is 0 Å². The zero-order valence-corrected chi connectivity index (χ0v) is 14.1. The number of alkyl halides is 3. The van der Waals surface area contributed by atoms with E-state index < -0.39 is 11.7 Å². The van der Waals surface area contributed by atoms with Crippen LogP contribution >= 0.6 is 0 Å². The lowest BCUT2D eigenvalue weighted by Crippen LogP contribution is -2.27. The maximum absolute atomic E-state index is 13.1. The quantitative estimate of drug-likeness (QED) is 0.570. The SMILES string of the molecule is CN1CCc2c(c3cc(C(F)(F)F)ccc3n2C#Cc2cccnc2)C1. The van der Waals surface area contributed by atoms with Crippen LogP contribution in [0.1, 0.15) is 22.4 Å². The molecule has 0 fully saturated rings. The number of benzene rings is 1. The van der Waals surface area contributed by atoms with E-state index in [0.29, 0.717) is 11.9 Å². The first kappa shape index (κ1) is 16.7. The van der Waals surface area contributed by atoms with Crippen molar-refractivity contribution in [1.29, 1.82) is 0 Å². The van der Waals surface area contributed by atoms with Gasteiger partial charge in [0.05, 0.1) is 11.1 Å². The standard InChI is InChI=1S/C20H16F3N3/c1-25-9-7-19-17(13-25)16-11-15(20(21,22)23)4-5-18(16)26(19)10-6-14-3-2-8-24-12-14/h2-5,8,11-12H,7,9,13H2,1H3. The van der Waals surface area contributed by atoms with Crippen molar-refractivity contribution in [2.45, 2.75) is 19.1 Å². The van der Waals surface area contributed by atoms with Gasteiger partial charge in [0, 0.05) is 54.6 Å². The smallest absolute Gasteiger partial charge is 0.302 e. The van der Waals surface area contributed by atoms with Crippen LogP contribution in [0.5, 0.6) is 0 Å². The summed E-state index contributed by atoms with van der Waals surface area (Å²) in [7, 11) is 1.97. The molecule has 0 saturated carbocycles. The van der Waals surface area contributed by atoms with E-state index in [9.17, 15) is 13.2 Å². The summed E-state index contributed by atoms with van der Waals surface area (Å²) >= 11 is 0. The van der Waals surface area contributed by atoms with Crippen LogP contribution in [0.15, 0.2) is 42.7 Å². The molecule has 2 aromatic heterocycles. The summed E-state index contributed by atoms with van der Waals surface area (Å²) in [4.78, 5) is 6.15. The number of nitrogens with zero attached hydrogens (tertiary/aromatic N) is 3. The van der Waals surface area contributed by atoms with E-state index in [1.165, 1.54) is 12.1 Å². The van der Waals surface area contributed by atoms with E-state index in [1.54, 1.807) is 18.5 Å². The average molecular weight is 355 g/mol. The number of likely N-dealkylation sites (N-methyl/N-ethyl adjacent to an activating group) is 1. The molecule has 4 rings (SSSR count). The Bertz CT molecular complexity index is 1020. The lowest BCUT2D eigenvalue weighted by molar-refractivity contribution is -0.137. The molecule has 0 N–H and O–H groups in total. The van der Waals surface area contributed by atoms with Gasteiger partial charge in [0.1, 0.15) is 0 Å². The Morgan fingerprint density at radius 1 is 1.19 bits per heavy atom. The van der Waals surface area contributed by atoms with Crippen molar-refractivity contribution in [3.8, 4) is 12.0 Å². The van der Waals surface area contributed by atoms with Gasteiger partial charge < -0.3 is 4.90 Å². The number of hydrogen-bond acceptors (Lipinski definition) is 2. The molecule has 3 aromatic rings. The zero-order chi connectivity index (χ0) is 18.3. The Morgan fingerprint density at radius 2 is 2.04 bits per heavy atom. The van der Waals surface area contributed by atoms with Crippen molar-refractivity contribution in [2.75, 3.05) is 13.6 Å². The van der Waals surface area contributed by atoms with Crippen molar-refractivity contribution in [3.05, 3.63) is 65.1 Å². The molecule has 0 atom stereocenters. The second-order valence-electron chi connectivity index (χ2n) is 6.46. The number of halogens is 3. The third-order valence-electron chi connectivity index (χ3n) is 4.64. The highest BCUT2D eigenvalue weighted by molar-refractivity contribution is 5.87. The molecular weight excluding hydrogens is 339 g/mol. The van der Waals surface area contributed by atoms with E-state index in [2.05, 4.69) is 21.8 Å². The minimum Gasteiger partial charge on any atom is -0.302 e. The summed E-state index contributed by atoms with van der Waals surface area (Å²) < 4.78 is 41.3. The first-order chi connectivity index (χ1) is 12.4. The molecule has 26 heavy (non-hydrogen) atoms. The number of aromatic nitrogens is 2. The van der Waals surface area contributed by atoms with Crippen LogP contribution in [0, 0.1) is 12.0 Å². The Balaban J connectivity index is 1.91. The molecule has 1 aliphatic rings. The van der Waals surface area contributed by atoms with Gasteiger partial charge in [-0.15, -0.1) is 0 Å². The summed E-state index contributed by atoms with van der Waals surface area (Å²) in [6, 6.07) is 10.7. The molecule has 3 nitrogen and oxygen atoms in total. The van der Waals surface area contributed by atoms with Gasteiger partial charge in [-0.05, 0) is 48.9 Å². The number of hydrogen-bond donors (Lipinski definition) is 0. The summed E-state index contributed by atoms with van der Waals surface area (Å²) in [6.45, 7) is 1.47. The minimum atomic E-state index is -4.36. The molecule has 3 heterocycles. The lowest BCUT2D eigenvalue weighted by atomic mass is 10.0. The normalized spacial score (nSPS) is 14.8. The maximum atomic E-state index is 13.1. The predicted molar refractivity (Wildman–Crippen MR) is 93.5 cm³/mol. The molecule has 132 valence electrons. The van der Waals surface area contributed by atoms with Gasteiger partial charge in [0.2, 0.25) is 0 Å². The van der Waals surface area contributed by atoms with E-state index in [4.69, 9.17) is 0 Å². The molecule has 1 aromatic carbocycles. The highest BCUT2D eigenvalue weighted by Crippen LogP contribution is 2.36. The summed E-state index contributed by atoms with van der Waals surface area (Å²) in [5.74, 6) is 3.06. The molecular formula is C20H16F3N3. The van der Waals surface area contributed by atoms with Crippen molar-refractivity contribution >= 4 is 10.9 Å². The minimum absolute atomic E-state index is 0.620. The molecule has 1 aliphatic heterocycles. The van der Waals surface area contributed by atoms with Crippen LogP contribution in [0.25, 0.3) is 10.9 Å². The average Bonchev–Trinajstić information content (AvgIpc) is 2.92. The lowest BCUT2D eigenvalue weighted by Gasteiger charge is -2.23. The van der Waals surface area contributed by atoms with Crippen LogP contribution in [0.4, 0.5) is 13.2 Å². The van der Waals surface area contributed by atoms with Gasteiger partial charge in [0.15, 0.2) is 0 Å². The monoisotopic (exact) mass is 355 g/mol. The molecule has 0 unspecified atom stereocenters. The third kappa shape index (κ3) is 2.95. The molecule has 0 aliphatic carbocycles. The van der Waals surface area contributed by atoms with Crippen LogP contribution in [0.3, 0.4) is 0 Å². The Morgan fingerprint density at radius 3 is 2.77 bits per heavy atom. The van der Waals surface area contributed by atoms with Gasteiger partial charge >= 0.3 is 6.18 Å². The van der Waals surface area contributed by atoms with Crippen LogP contribution < -0.4 is 0 Å². The highest BCUT2D eigenvalue weighted by Gasteiger charge is 2.32. The molecule has 6 heteroatoms. The number of pyridine rings is 1. The summed E-state index contributed by atoms with van der Waals surface area (Å²) in [6.07, 6.45) is -0.262. The Kier molecular flexibility index (Phi) is 3.97. The molecule has 0 spiro atoms. The van der Waals surface area contributed by atoms with Crippen molar-refractivity contribution < 1.29 is 13.2 Å². The van der Waals surface area contributed by atoms with E-state index in [0.717, 1.165) is 41.4 Å². The van der Waals surface area contributed by atoms with Gasteiger partial charge in [-0.1, -0.05) is 0 Å². The fourth-order valence-electron chi connectivity index (χ4n) is 3.35. The van der Waals surface area contributed by atoms with Crippen LogP contribution in [0.2, 0.25) is 0 Å². The highest BCUT2D eigenvalue weighted by atomic mass is 19.4. The first-order valence-electron chi connectivity index (χ1n) is 8.27. The summed E-state index contributed by atoms with van der Waals surface area (Å²) in [5, 5.41) is 0.627. The second-order valence-corrected chi connectivity index (χ2v) is 6.46. The maximum Gasteiger partial charge on any atom is 0.416 e. The van der Waals surface area contributed by atoms with E-state index >= 15 is 0 Å². The number of rotatable bonds is 0. The zero-order valence-electron chi connectivity index (χ0n) is 14.1. The Labute approximate surface area is 149 Å². The predicted octanol–water partition coefficient (Wildman–Crippen LogP) is 3.90. The van der Waals surface area contributed by atoms with Crippen molar-refractivity contribution in [1.82, 2.24) is 14.5 Å². The number of fused-ring (bicyclic) bond motifs is 3. The van der Waals surface area contributed by atoms with Crippen molar-refractivity contribution in [3.63, 3.8) is 0 Å². The third-order valence-corrected chi connectivity index (χ3v) is 4.64. The van der Waals surface area contributed by atoms with Crippen LogP contribution in [-0.4, -0.2) is 28.0 Å². The van der Waals surface area contributed by atoms with Gasteiger partial charge in [-0.25, -0.2) is 0 Å². The molecule has 0 bridgehead atoms. The summed E-state index contributed by atoms with van der Waals surface area (Å²) in [5.41, 5.74) is 2.78. The van der Waals surface area contributed by atoms with Crippen molar-refractivity contribution in [2.24, 2.45) is 0 Å². The first-order valence-corrected chi connectivity index (χ1v) is 8.27. The second kappa shape index (κ2) is 6.19. The fraction of sp³-hybridized carbons (Fsp3) is 0.250. The van der Waals surface area contributed by atoms with E-state index in [1.807, 2.05) is 17.7 Å². The van der Waals surface area contributed by atoms with Gasteiger partial charge in [-0.3, -0.25) is 9.55 Å². The van der Waals surface area contributed by atoms with Gasteiger partial charge in [-0.2, -0.15) is 13.2 Å². The topological polar surface area (TPSA) is 21.1 Å². The van der Waals surface area contributed by atoms with Gasteiger partial charge in [0.25, 0.3) is 0 Å². The molecule has 0 saturated heterocycles. The largest absolute Gasteiger partial charge is 0.416 e. The molecule has 0 radical (unpaired) electrons. The Hall–Kier alpha value is -2.78. The molecule has 0 amide bonds. The fourth-order valence-corrected chi connectivity index (χ4v) is 3.35. The van der Waals surface area contributed by atoms with Crippen LogP contribution in [-0.2, 0) is 19.1 Å².